The van der Waals surface area contributed by atoms with Crippen LogP contribution >= 0.6 is 0 Å². The van der Waals surface area contributed by atoms with E-state index in [1.54, 1.807) is 14.0 Å². The highest BCUT2D eigenvalue weighted by molar-refractivity contribution is 5.84. The summed E-state index contributed by atoms with van der Waals surface area (Å²) < 4.78 is 16.9. The van der Waals surface area contributed by atoms with Crippen molar-refractivity contribution in [3.63, 3.8) is 0 Å². The van der Waals surface area contributed by atoms with Gasteiger partial charge in [0.15, 0.2) is 17.6 Å². The Bertz CT molecular complexity index is 984. The molecule has 0 aromatic heterocycles. The standard InChI is InChI=1S/C24H27NO4/c1-16(2)28-22-12-9-18(13-23(22)27-4)15-25-24(26)17(3)29-21-11-10-19-7-5-6-8-20(19)14-21/h5-14,16-17H,15H2,1-4H3,(H,25,26)/t17-/m1/s1. The molecule has 152 valence electrons. The van der Waals surface area contributed by atoms with Gasteiger partial charge >= 0.3 is 0 Å². The predicted octanol–water partition coefficient (Wildman–Crippen LogP) is 4.72. The highest BCUT2D eigenvalue weighted by Gasteiger charge is 2.15. The number of benzene rings is 3. The van der Waals surface area contributed by atoms with Crippen LogP contribution in [0.25, 0.3) is 10.8 Å². The second-order valence-corrected chi connectivity index (χ2v) is 7.14. The Morgan fingerprint density at radius 1 is 0.897 bits per heavy atom. The van der Waals surface area contributed by atoms with Crippen LogP contribution in [-0.2, 0) is 11.3 Å². The van der Waals surface area contributed by atoms with E-state index in [2.05, 4.69) is 5.32 Å². The molecule has 0 spiro atoms. The van der Waals surface area contributed by atoms with E-state index in [0.717, 1.165) is 16.3 Å². The highest BCUT2D eigenvalue weighted by atomic mass is 16.5. The van der Waals surface area contributed by atoms with Gasteiger partial charge in [0.2, 0.25) is 0 Å². The van der Waals surface area contributed by atoms with Crippen LogP contribution in [0.5, 0.6) is 17.2 Å². The molecule has 0 aliphatic heterocycles. The Morgan fingerprint density at radius 2 is 1.66 bits per heavy atom. The zero-order valence-electron chi connectivity index (χ0n) is 17.3. The third-order valence-corrected chi connectivity index (χ3v) is 4.46. The number of nitrogens with one attached hydrogen (secondary N) is 1. The van der Waals surface area contributed by atoms with Crippen LogP contribution in [0.2, 0.25) is 0 Å². The molecule has 3 aromatic rings. The minimum Gasteiger partial charge on any atom is -0.493 e. The molecule has 1 amide bonds. The van der Waals surface area contributed by atoms with Crippen molar-refractivity contribution in [2.45, 2.75) is 39.5 Å². The van der Waals surface area contributed by atoms with Gasteiger partial charge in [0.25, 0.3) is 5.91 Å². The van der Waals surface area contributed by atoms with E-state index in [4.69, 9.17) is 14.2 Å². The average molecular weight is 393 g/mol. The lowest BCUT2D eigenvalue weighted by Gasteiger charge is -2.17. The van der Waals surface area contributed by atoms with Crippen molar-refractivity contribution in [3.05, 3.63) is 66.2 Å². The summed E-state index contributed by atoms with van der Waals surface area (Å²) in [4.78, 5) is 12.5. The lowest BCUT2D eigenvalue weighted by molar-refractivity contribution is -0.127. The SMILES string of the molecule is COc1cc(CNC(=O)[C@@H](C)Oc2ccc3ccccc3c2)ccc1OC(C)C. The quantitative estimate of drug-likeness (QED) is 0.602. The minimum atomic E-state index is -0.610. The molecule has 1 atom stereocenters. The van der Waals surface area contributed by atoms with Crippen molar-refractivity contribution in [1.82, 2.24) is 5.32 Å². The minimum absolute atomic E-state index is 0.0579. The summed E-state index contributed by atoms with van der Waals surface area (Å²) in [5, 5.41) is 5.12. The molecular weight excluding hydrogens is 366 g/mol. The lowest BCUT2D eigenvalue weighted by atomic mass is 10.1. The maximum Gasteiger partial charge on any atom is 0.261 e. The molecule has 0 saturated heterocycles. The van der Waals surface area contributed by atoms with Crippen molar-refractivity contribution in [3.8, 4) is 17.2 Å². The van der Waals surface area contributed by atoms with E-state index >= 15 is 0 Å². The number of ether oxygens (including phenoxy) is 3. The molecule has 0 fully saturated rings. The van der Waals surface area contributed by atoms with Crippen LogP contribution in [-0.4, -0.2) is 25.2 Å². The fraction of sp³-hybridized carbons (Fsp3) is 0.292. The van der Waals surface area contributed by atoms with Gasteiger partial charge in [-0.2, -0.15) is 0 Å². The van der Waals surface area contributed by atoms with Crippen LogP contribution in [0.3, 0.4) is 0 Å². The van der Waals surface area contributed by atoms with Gasteiger partial charge in [-0.1, -0.05) is 36.4 Å². The zero-order chi connectivity index (χ0) is 20.8. The highest BCUT2D eigenvalue weighted by Crippen LogP contribution is 2.29. The van der Waals surface area contributed by atoms with Gasteiger partial charge in [-0.05, 0) is 61.4 Å². The Hall–Kier alpha value is -3.21. The number of carbonyl (C=O) groups is 1. The second kappa shape index (κ2) is 9.32. The van der Waals surface area contributed by atoms with Gasteiger partial charge in [0.1, 0.15) is 5.75 Å². The van der Waals surface area contributed by atoms with Crippen molar-refractivity contribution in [1.29, 1.82) is 0 Å². The summed E-state index contributed by atoms with van der Waals surface area (Å²) in [6.07, 6.45) is -0.552. The first-order valence-corrected chi connectivity index (χ1v) is 9.73. The van der Waals surface area contributed by atoms with Crippen LogP contribution in [0, 0.1) is 0 Å². The Kier molecular flexibility index (Phi) is 6.60. The van der Waals surface area contributed by atoms with E-state index in [9.17, 15) is 4.79 Å². The van der Waals surface area contributed by atoms with Gasteiger partial charge in [0, 0.05) is 6.54 Å². The molecule has 1 N–H and O–H groups in total. The van der Waals surface area contributed by atoms with E-state index in [-0.39, 0.29) is 12.0 Å². The molecule has 0 aliphatic carbocycles. The summed E-state index contributed by atoms with van der Waals surface area (Å²) in [5.74, 6) is 1.82. The monoisotopic (exact) mass is 393 g/mol. The van der Waals surface area contributed by atoms with Gasteiger partial charge in [0.05, 0.1) is 13.2 Å². The fourth-order valence-corrected chi connectivity index (χ4v) is 3.00. The molecular formula is C24H27NO4. The lowest BCUT2D eigenvalue weighted by Crippen LogP contribution is -2.35. The first-order valence-electron chi connectivity index (χ1n) is 9.73. The summed E-state index contributed by atoms with van der Waals surface area (Å²) in [5.41, 5.74) is 0.921. The van der Waals surface area contributed by atoms with E-state index in [1.165, 1.54) is 0 Å². The van der Waals surface area contributed by atoms with Gasteiger partial charge < -0.3 is 19.5 Å². The fourth-order valence-electron chi connectivity index (χ4n) is 3.00. The number of fused-ring (bicyclic) bond motifs is 1. The number of hydrogen-bond acceptors (Lipinski definition) is 4. The van der Waals surface area contributed by atoms with Crippen molar-refractivity contribution >= 4 is 16.7 Å². The maximum absolute atomic E-state index is 12.5. The van der Waals surface area contributed by atoms with Crippen LogP contribution in [0.15, 0.2) is 60.7 Å². The number of methoxy groups -OCH3 is 1. The first-order chi connectivity index (χ1) is 14.0. The molecule has 0 radical (unpaired) electrons. The van der Waals surface area contributed by atoms with Crippen molar-refractivity contribution in [2.75, 3.05) is 7.11 Å². The molecule has 0 unspecified atom stereocenters. The Balaban J connectivity index is 1.59. The molecule has 3 rings (SSSR count). The smallest absolute Gasteiger partial charge is 0.261 e. The van der Waals surface area contributed by atoms with Crippen LogP contribution in [0.1, 0.15) is 26.3 Å². The first kappa shape index (κ1) is 20.5. The topological polar surface area (TPSA) is 56.8 Å². The number of rotatable bonds is 8. The number of amides is 1. The van der Waals surface area contributed by atoms with Gasteiger partial charge in [-0.15, -0.1) is 0 Å². The molecule has 5 heteroatoms. The van der Waals surface area contributed by atoms with Crippen LogP contribution in [0.4, 0.5) is 0 Å². The average Bonchev–Trinajstić information content (AvgIpc) is 2.72. The number of hydrogen-bond donors (Lipinski definition) is 1. The Morgan fingerprint density at radius 3 is 2.38 bits per heavy atom. The second-order valence-electron chi connectivity index (χ2n) is 7.14. The third kappa shape index (κ3) is 5.41. The molecule has 0 heterocycles. The van der Waals surface area contributed by atoms with E-state index in [1.807, 2.05) is 74.5 Å². The normalized spacial score (nSPS) is 11.9. The summed E-state index contributed by atoms with van der Waals surface area (Å²) in [7, 11) is 1.60. The molecule has 0 aliphatic rings. The largest absolute Gasteiger partial charge is 0.493 e. The molecule has 3 aromatic carbocycles. The molecule has 0 bridgehead atoms. The molecule has 29 heavy (non-hydrogen) atoms. The van der Waals surface area contributed by atoms with Crippen molar-refractivity contribution < 1.29 is 19.0 Å². The van der Waals surface area contributed by atoms with Crippen LogP contribution < -0.4 is 19.5 Å². The van der Waals surface area contributed by atoms with E-state index in [0.29, 0.717) is 23.8 Å². The number of carbonyl (C=O) groups excluding carboxylic acids is 1. The predicted molar refractivity (Wildman–Crippen MR) is 115 cm³/mol. The van der Waals surface area contributed by atoms with Gasteiger partial charge in [-0.3, -0.25) is 4.79 Å². The maximum atomic E-state index is 12.5. The summed E-state index contributed by atoms with van der Waals surface area (Å²) in [6, 6.07) is 19.5. The van der Waals surface area contributed by atoms with Crippen molar-refractivity contribution in [2.24, 2.45) is 0 Å². The van der Waals surface area contributed by atoms with E-state index < -0.39 is 6.10 Å². The summed E-state index contributed by atoms with van der Waals surface area (Å²) in [6.45, 7) is 6.04. The zero-order valence-corrected chi connectivity index (χ0v) is 17.3. The van der Waals surface area contributed by atoms with Gasteiger partial charge in [-0.25, -0.2) is 0 Å². The molecule has 0 saturated carbocycles. The third-order valence-electron chi connectivity index (χ3n) is 4.46. The molecule has 5 nitrogen and oxygen atoms in total. The Labute approximate surface area is 171 Å². The summed E-state index contributed by atoms with van der Waals surface area (Å²) >= 11 is 0.